The molecule has 1 aromatic rings. The fourth-order valence-corrected chi connectivity index (χ4v) is 1.81. The molecular weight excluding hydrogens is 226 g/mol. The molecule has 0 heterocycles. The molecule has 3 heteroatoms. The molecule has 0 saturated carbocycles. The molecular formula is C15H25NO2. The maximum absolute atomic E-state index is 5.80. The van der Waals surface area contributed by atoms with Gasteiger partial charge >= 0.3 is 0 Å². The fraction of sp³-hybridized carbons (Fsp3) is 0.600. The van der Waals surface area contributed by atoms with Crippen LogP contribution in [0.15, 0.2) is 24.3 Å². The predicted octanol–water partition coefficient (Wildman–Crippen LogP) is 3.24. The van der Waals surface area contributed by atoms with Crippen LogP contribution in [-0.4, -0.2) is 26.3 Å². The number of rotatable bonds is 9. The van der Waals surface area contributed by atoms with E-state index in [1.54, 1.807) is 7.11 Å². The summed E-state index contributed by atoms with van der Waals surface area (Å²) in [4.78, 5) is 0. The molecule has 0 saturated heterocycles. The van der Waals surface area contributed by atoms with Crippen LogP contribution in [0, 0.1) is 0 Å². The lowest BCUT2D eigenvalue weighted by Gasteiger charge is -2.18. The normalized spacial score (nSPS) is 12.2. The van der Waals surface area contributed by atoms with Gasteiger partial charge in [0.1, 0.15) is 18.1 Å². The predicted molar refractivity (Wildman–Crippen MR) is 75.5 cm³/mol. The third-order valence-electron chi connectivity index (χ3n) is 2.83. The molecule has 0 spiro atoms. The van der Waals surface area contributed by atoms with Crippen LogP contribution < -0.4 is 14.8 Å². The Hall–Kier alpha value is -1.22. The number of methoxy groups -OCH3 is 1. The molecule has 1 unspecified atom stereocenters. The number of hydrogen-bond acceptors (Lipinski definition) is 3. The van der Waals surface area contributed by atoms with E-state index in [0.717, 1.165) is 37.5 Å². The fourth-order valence-electron chi connectivity index (χ4n) is 1.81. The van der Waals surface area contributed by atoms with Crippen molar-refractivity contribution in [2.75, 3.05) is 20.3 Å². The second-order valence-corrected chi connectivity index (χ2v) is 4.43. The van der Waals surface area contributed by atoms with E-state index in [2.05, 4.69) is 19.2 Å². The summed E-state index contributed by atoms with van der Waals surface area (Å²) < 4.78 is 10.9. The average Bonchev–Trinajstić information content (AvgIpc) is 2.42. The van der Waals surface area contributed by atoms with Gasteiger partial charge in [-0.2, -0.15) is 0 Å². The standard InChI is InChI=1S/C15H25NO2/c1-4-6-13(16-11-5-2)12-18-15-9-7-14(17-3)8-10-15/h7-10,13,16H,4-6,11-12H2,1-3H3. The van der Waals surface area contributed by atoms with E-state index in [4.69, 9.17) is 9.47 Å². The first-order valence-corrected chi connectivity index (χ1v) is 6.80. The maximum Gasteiger partial charge on any atom is 0.119 e. The molecule has 1 aromatic carbocycles. The molecule has 0 bridgehead atoms. The zero-order valence-corrected chi connectivity index (χ0v) is 11.7. The smallest absolute Gasteiger partial charge is 0.119 e. The largest absolute Gasteiger partial charge is 0.497 e. The number of hydrogen-bond donors (Lipinski definition) is 1. The monoisotopic (exact) mass is 251 g/mol. The van der Waals surface area contributed by atoms with Crippen LogP contribution in [0.4, 0.5) is 0 Å². The highest BCUT2D eigenvalue weighted by atomic mass is 16.5. The second kappa shape index (κ2) is 8.81. The van der Waals surface area contributed by atoms with Crippen LogP contribution in [0.1, 0.15) is 33.1 Å². The highest BCUT2D eigenvalue weighted by molar-refractivity contribution is 5.31. The first-order valence-electron chi connectivity index (χ1n) is 6.80. The Bertz CT molecular complexity index is 311. The second-order valence-electron chi connectivity index (χ2n) is 4.43. The Balaban J connectivity index is 2.39. The van der Waals surface area contributed by atoms with Gasteiger partial charge in [0.2, 0.25) is 0 Å². The lowest BCUT2D eigenvalue weighted by Crippen LogP contribution is -2.35. The first-order chi connectivity index (χ1) is 8.80. The van der Waals surface area contributed by atoms with Crippen LogP contribution in [0.2, 0.25) is 0 Å². The van der Waals surface area contributed by atoms with Crippen molar-refractivity contribution in [1.29, 1.82) is 0 Å². The van der Waals surface area contributed by atoms with E-state index in [0.29, 0.717) is 6.04 Å². The summed E-state index contributed by atoms with van der Waals surface area (Å²) in [5.74, 6) is 1.76. The molecule has 0 aliphatic carbocycles. The van der Waals surface area contributed by atoms with Crippen LogP contribution in [0.3, 0.4) is 0 Å². The Morgan fingerprint density at radius 1 is 1.06 bits per heavy atom. The third-order valence-corrected chi connectivity index (χ3v) is 2.83. The average molecular weight is 251 g/mol. The molecule has 0 fully saturated rings. The van der Waals surface area contributed by atoms with Gasteiger partial charge in [-0.3, -0.25) is 0 Å². The molecule has 1 N–H and O–H groups in total. The van der Waals surface area contributed by atoms with Crippen molar-refractivity contribution >= 4 is 0 Å². The van der Waals surface area contributed by atoms with Crippen molar-refractivity contribution in [2.45, 2.75) is 39.2 Å². The van der Waals surface area contributed by atoms with E-state index in [-0.39, 0.29) is 0 Å². The van der Waals surface area contributed by atoms with Gasteiger partial charge in [-0.25, -0.2) is 0 Å². The Morgan fingerprint density at radius 3 is 2.28 bits per heavy atom. The van der Waals surface area contributed by atoms with Gasteiger partial charge in [0.15, 0.2) is 0 Å². The molecule has 0 aliphatic rings. The highest BCUT2D eigenvalue weighted by Crippen LogP contribution is 2.17. The van der Waals surface area contributed by atoms with Gasteiger partial charge in [-0.05, 0) is 43.7 Å². The van der Waals surface area contributed by atoms with Crippen molar-refractivity contribution in [2.24, 2.45) is 0 Å². The van der Waals surface area contributed by atoms with Gasteiger partial charge in [-0.15, -0.1) is 0 Å². The van der Waals surface area contributed by atoms with Gasteiger partial charge in [0, 0.05) is 6.04 Å². The van der Waals surface area contributed by atoms with Crippen molar-refractivity contribution < 1.29 is 9.47 Å². The molecule has 1 atom stereocenters. The number of ether oxygens (including phenoxy) is 2. The quantitative estimate of drug-likeness (QED) is 0.731. The molecule has 18 heavy (non-hydrogen) atoms. The SMILES string of the molecule is CCCNC(CCC)COc1ccc(OC)cc1. The van der Waals surface area contributed by atoms with Crippen LogP contribution >= 0.6 is 0 Å². The zero-order valence-electron chi connectivity index (χ0n) is 11.7. The van der Waals surface area contributed by atoms with E-state index >= 15 is 0 Å². The highest BCUT2D eigenvalue weighted by Gasteiger charge is 2.07. The lowest BCUT2D eigenvalue weighted by molar-refractivity contribution is 0.255. The molecule has 0 amide bonds. The van der Waals surface area contributed by atoms with E-state index in [1.807, 2.05) is 24.3 Å². The lowest BCUT2D eigenvalue weighted by atomic mass is 10.2. The van der Waals surface area contributed by atoms with Crippen LogP contribution in [-0.2, 0) is 0 Å². The van der Waals surface area contributed by atoms with E-state index in [1.165, 1.54) is 6.42 Å². The number of nitrogens with one attached hydrogen (secondary N) is 1. The van der Waals surface area contributed by atoms with Gasteiger partial charge in [0.25, 0.3) is 0 Å². The van der Waals surface area contributed by atoms with Crippen LogP contribution in [0.25, 0.3) is 0 Å². The Morgan fingerprint density at radius 2 is 1.72 bits per heavy atom. The van der Waals surface area contributed by atoms with E-state index < -0.39 is 0 Å². The summed E-state index contributed by atoms with van der Waals surface area (Å²) >= 11 is 0. The third kappa shape index (κ3) is 5.41. The maximum atomic E-state index is 5.80. The Labute approximate surface area is 110 Å². The minimum atomic E-state index is 0.442. The Kier molecular flexibility index (Phi) is 7.26. The van der Waals surface area contributed by atoms with Crippen molar-refractivity contribution in [3.05, 3.63) is 24.3 Å². The number of benzene rings is 1. The minimum absolute atomic E-state index is 0.442. The van der Waals surface area contributed by atoms with Crippen molar-refractivity contribution in [3.8, 4) is 11.5 Å². The van der Waals surface area contributed by atoms with Crippen molar-refractivity contribution in [1.82, 2.24) is 5.32 Å². The molecule has 0 aromatic heterocycles. The zero-order chi connectivity index (χ0) is 13.2. The first kappa shape index (κ1) is 14.8. The summed E-state index contributed by atoms with van der Waals surface area (Å²) in [6.07, 6.45) is 3.48. The molecule has 102 valence electrons. The summed E-state index contributed by atoms with van der Waals surface area (Å²) in [6.45, 7) is 6.16. The van der Waals surface area contributed by atoms with Gasteiger partial charge < -0.3 is 14.8 Å². The molecule has 1 rings (SSSR count). The summed E-state index contributed by atoms with van der Waals surface area (Å²) in [7, 11) is 1.67. The van der Waals surface area contributed by atoms with Crippen LogP contribution in [0.5, 0.6) is 11.5 Å². The summed E-state index contributed by atoms with van der Waals surface area (Å²) in [5.41, 5.74) is 0. The topological polar surface area (TPSA) is 30.5 Å². The summed E-state index contributed by atoms with van der Waals surface area (Å²) in [5, 5.41) is 3.51. The van der Waals surface area contributed by atoms with Crippen molar-refractivity contribution in [3.63, 3.8) is 0 Å². The molecule has 3 nitrogen and oxygen atoms in total. The molecule has 0 radical (unpaired) electrons. The molecule has 0 aliphatic heterocycles. The van der Waals surface area contributed by atoms with Gasteiger partial charge in [-0.1, -0.05) is 20.3 Å². The minimum Gasteiger partial charge on any atom is -0.497 e. The van der Waals surface area contributed by atoms with E-state index in [9.17, 15) is 0 Å². The summed E-state index contributed by atoms with van der Waals surface area (Å²) in [6, 6.07) is 8.17. The van der Waals surface area contributed by atoms with Gasteiger partial charge in [0.05, 0.1) is 7.11 Å².